The van der Waals surface area contributed by atoms with E-state index in [1.54, 1.807) is 0 Å². The van der Waals surface area contributed by atoms with Gasteiger partial charge in [0.15, 0.2) is 0 Å². The van der Waals surface area contributed by atoms with Gasteiger partial charge in [0.2, 0.25) is 5.91 Å². The Morgan fingerprint density at radius 3 is 2.32 bits per heavy atom. The van der Waals surface area contributed by atoms with E-state index in [-0.39, 0.29) is 17.2 Å². The summed E-state index contributed by atoms with van der Waals surface area (Å²) in [6, 6.07) is 13.8. The summed E-state index contributed by atoms with van der Waals surface area (Å²) in [6.45, 7) is 7.66. The Morgan fingerprint density at radius 1 is 1.07 bits per heavy atom. The summed E-state index contributed by atoms with van der Waals surface area (Å²) in [7, 11) is 0. The lowest BCUT2D eigenvalue weighted by molar-refractivity contribution is -0.122. The first-order valence-corrected chi connectivity index (χ1v) is 10.5. The molecule has 28 heavy (non-hydrogen) atoms. The topological polar surface area (TPSA) is 49.4 Å². The molecule has 1 saturated heterocycles. The second kappa shape index (κ2) is 6.73. The van der Waals surface area contributed by atoms with Gasteiger partial charge in [-0.1, -0.05) is 48.8 Å². The van der Waals surface area contributed by atoms with E-state index in [2.05, 4.69) is 42.0 Å². The van der Waals surface area contributed by atoms with Gasteiger partial charge in [0.25, 0.3) is 5.91 Å². The van der Waals surface area contributed by atoms with E-state index >= 15 is 0 Å². The number of carbonyl (C=O) groups is 2. The van der Waals surface area contributed by atoms with Gasteiger partial charge in [-0.2, -0.15) is 0 Å². The lowest BCUT2D eigenvalue weighted by Gasteiger charge is -2.38. The molecule has 0 unspecified atom stereocenters. The second-order valence-corrected chi connectivity index (χ2v) is 9.76. The van der Waals surface area contributed by atoms with Crippen molar-refractivity contribution in [2.75, 3.05) is 18.4 Å². The van der Waals surface area contributed by atoms with E-state index in [0.717, 1.165) is 15.7 Å². The van der Waals surface area contributed by atoms with Gasteiger partial charge in [0.1, 0.15) is 0 Å². The minimum absolute atomic E-state index is 0.0446. The number of amides is 2. The van der Waals surface area contributed by atoms with E-state index in [1.807, 2.05) is 47.4 Å². The molecule has 0 radical (unpaired) electrons. The number of piperidine rings is 1. The van der Waals surface area contributed by atoms with Crippen LogP contribution in [0.2, 0.25) is 0 Å². The predicted molar refractivity (Wildman–Crippen MR) is 115 cm³/mol. The zero-order chi connectivity index (χ0) is 20.1. The number of carbonyl (C=O) groups excluding carboxylic acids is 2. The number of likely N-dealkylation sites (tertiary alicyclic amines) is 1. The fourth-order valence-electron chi connectivity index (χ4n) is 4.27. The van der Waals surface area contributed by atoms with Crippen molar-refractivity contribution in [3.05, 3.63) is 63.6 Å². The molecule has 0 aromatic heterocycles. The third-order valence-corrected chi connectivity index (χ3v) is 6.58. The first-order valence-electron chi connectivity index (χ1n) is 9.72. The highest BCUT2D eigenvalue weighted by Crippen LogP contribution is 2.46. The third kappa shape index (κ3) is 3.16. The van der Waals surface area contributed by atoms with Gasteiger partial charge in [-0.05, 0) is 59.7 Å². The van der Waals surface area contributed by atoms with Crippen molar-refractivity contribution in [1.29, 1.82) is 0 Å². The number of nitrogens with zero attached hydrogens (tertiary/aromatic N) is 1. The number of anilines is 1. The molecule has 0 atom stereocenters. The quantitative estimate of drug-likeness (QED) is 0.687. The van der Waals surface area contributed by atoms with Gasteiger partial charge in [-0.15, -0.1) is 0 Å². The molecule has 2 aromatic rings. The van der Waals surface area contributed by atoms with E-state index in [1.165, 1.54) is 5.56 Å². The van der Waals surface area contributed by atoms with Gasteiger partial charge in [0.05, 0.1) is 5.41 Å². The van der Waals surface area contributed by atoms with Crippen LogP contribution < -0.4 is 5.32 Å². The van der Waals surface area contributed by atoms with Crippen molar-refractivity contribution in [3.8, 4) is 0 Å². The monoisotopic (exact) mass is 440 g/mol. The van der Waals surface area contributed by atoms with Crippen molar-refractivity contribution in [2.45, 2.75) is 44.4 Å². The third-order valence-electron chi connectivity index (χ3n) is 6.08. The van der Waals surface area contributed by atoms with Gasteiger partial charge in [-0.25, -0.2) is 0 Å². The Labute approximate surface area is 174 Å². The SMILES string of the molecule is CC(C)(C)c1ccc(C(=O)N2CCC3(CC2)C(=O)Nc2ccc(Br)cc23)cc1. The maximum atomic E-state index is 13.0. The highest BCUT2D eigenvalue weighted by Gasteiger charge is 2.49. The van der Waals surface area contributed by atoms with Gasteiger partial charge >= 0.3 is 0 Å². The number of benzene rings is 2. The van der Waals surface area contributed by atoms with Crippen LogP contribution in [0.5, 0.6) is 0 Å². The number of hydrogen-bond donors (Lipinski definition) is 1. The van der Waals surface area contributed by atoms with E-state index < -0.39 is 5.41 Å². The van der Waals surface area contributed by atoms with Crippen LogP contribution in [0.3, 0.4) is 0 Å². The summed E-state index contributed by atoms with van der Waals surface area (Å²) in [5.74, 6) is 0.102. The summed E-state index contributed by atoms with van der Waals surface area (Å²) in [4.78, 5) is 27.6. The van der Waals surface area contributed by atoms with Gasteiger partial charge in [0, 0.05) is 28.8 Å². The maximum absolute atomic E-state index is 13.0. The average molecular weight is 441 g/mol. The van der Waals surface area contributed by atoms with Crippen LogP contribution in [-0.4, -0.2) is 29.8 Å². The lowest BCUT2D eigenvalue weighted by atomic mass is 9.73. The smallest absolute Gasteiger partial charge is 0.253 e. The molecule has 1 fully saturated rings. The summed E-state index contributed by atoms with van der Waals surface area (Å²) < 4.78 is 0.972. The van der Waals surface area contributed by atoms with E-state index in [0.29, 0.717) is 31.5 Å². The summed E-state index contributed by atoms with van der Waals surface area (Å²) >= 11 is 3.52. The van der Waals surface area contributed by atoms with Crippen LogP contribution in [0.25, 0.3) is 0 Å². The molecule has 0 aliphatic carbocycles. The Hall–Kier alpha value is -2.14. The van der Waals surface area contributed by atoms with Crippen molar-refractivity contribution in [1.82, 2.24) is 4.90 Å². The molecular formula is C23H25BrN2O2. The van der Waals surface area contributed by atoms with Crippen LogP contribution in [0, 0.1) is 0 Å². The zero-order valence-electron chi connectivity index (χ0n) is 16.5. The minimum Gasteiger partial charge on any atom is -0.339 e. The summed E-state index contributed by atoms with van der Waals surface area (Å²) in [6.07, 6.45) is 1.29. The predicted octanol–water partition coefficient (Wildman–Crippen LogP) is 4.87. The van der Waals surface area contributed by atoms with Gasteiger partial charge in [-0.3, -0.25) is 9.59 Å². The minimum atomic E-state index is -0.522. The van der Waals surface area contributed by atoms with Crippen LogP contribution in [0.1, 0.15) is 55.1 Å². The molecule has 2 aromatic carbocycles. The van der Waals surface area contributed by atoms with Crippen molar-refractivity contribution in [3.63, 3.8) is 0 Å². The maximum Gasteiger partial charge on any atom is 0.253 e. The van der Waals surface area contributed by atoms with Crippen LogP contribution in [-0.2, 0) is 15.6 Å². The standard InChI is InChI=1S/C23H25BrN2O2/c1-22(2,3)16-6-4-15(5-7-16)20(27)26-12-10-23(11-13-26)18-14-17(24)8-9-19(18)25-21(23)28/h4-9,14H,10-13H2,1-3H3,(H,25,28). The number of fused-ring (bicyclic) bond motifs is 2. The molecule has 5 heteroatoms. The first kappa shape index (κ1) is 19.2. The molecule has 1 N–H and O–H groups in total. The molecule has 0 saturated carbocycles. The molecule has 146 valence electrons. The second-order valence-electron chi connectivity index (χ2n) is 8.85. The van der Waals surface area contributed by atoms with Crippen LogP contribution in [0.15, 0.2) is 46.9 Å². The number of halogens is 1. The molecule has 2 aliphatic heterocycles. The lowest BCUT2D eigenvalue weighted by Crippen LogP contribution is -2.48. The first-order chi connectivity index (χ1) is 13.2. The van der Waals surface area contributed by atoms with Crippen molar-refractivity contribution < 1.29 is 9.59 Å². The van der Waals surface area contributed by atoms with E-state index in [4.69, 9.17) is 0 Å². The highest BCUT2D eigenvalue weighted by atomic mass is 79.9. The number of hydrogen-bond acceptors (Lipinski definition) is 2. The normalized spacial score (nSPS) is 18.1. The molecule has 2 aliphatic rings. The molecule has 4 rings (SSSR count). The Kier molecular flexibility index (Phi) is 4.61. The molecule has 2 amide bonds. The van der Waals surface area contributed by atoms with E-state index in [9.17, 15) is 9.59 Å². The summed E-state index contributed by atoms with van der Waals surface area (Å²) in [5, 5.41) is 3.02. The molecule has 0 bridgehead atoms. The van der Waals surface area contributed by atoms with Gasteiger partial charge < -0.3 is 10.2 Å². The summed E-state index contributed by atoms with van der Waals surface area (Å²) in [5.41, 5.74) is 3.41. The molecule has 2 heterocycles. The number of rotatable bonds is 1. The fourth-order valence-corrected chi connectivity index (χ4v) is 4.63. The Balaban J connectivity index is 1.51. The van der Waals surface area contributed by atoms with Crippen LogP contribution >= 0.6 is 15.9 Å². The highest BCUT2D eigenvalue weighted by molar-refractivity contribution is 9.10. The van der Waals surface area contributed by atoms with Crippen molar-refractivity contribution >= 4 is 33.4 Å². The molecule has 1 spiro atoms. The average Bonchev–Trinajstić information content (AvgIpc) is 2.93. The molecular weight excluding hydrogens is 416 g/mol. The zero-order valence-corrected chi connectivity index (χ0v) is 18.1. The Bertz CT molecular complexity index is 936. The van der Waals surface area contributed by atoms with Crippen molar-refractivity contribution in [2.24, 2.45) is 0 Å². The molecule has 4 nitrogen and oxygen atoms in total. The fraction of sp³-hybridized carbons (Fsp3) is 0.391. The number of nitrogens with one attached hydrogen (secondary N) is 1. The van der Waals surface area contributed by atoms with Crippen LogP contribution in [0.4, 0.5) is 5.69 Å². The largest absolute Gasteiger partial charge is 0.339 e. The Morgan fingerprint density at radius 2 is 1.71 bits per heavy atom.